The van der Waals surface area contributed by atoms with Crippen LogP contribution in [-0.2, 0) is 11.0 Å². The second-order valence-corrected chi connectivity index (χ2v) is 8.71. The van der Waals surface area contributed by atoms with Gasteiger partial charge in [0.25, 0.3) is 0 Å². The van der Waals surface area contributed by atoms with Gasteiger partial charge in [0.15, 0.2) is 0 Å². The summed E-state index contributed by atoms with van der Waals surface area (Å²) >= 11 is 0. The molecule has 148 valence electrons. The van der Waals surface area contributed by atoms with Crippen LogP contribution in [0.25, 0.3) is 0 Å². The molecule has 0 bridgehead atoms. The average Bonchev–Trinajstić information content (AvgIpc) is 3.36. The van der Waals surface area contributed by atoms with Crippen molar-refractivity contribution < 1.29 is 18.0 Å². The highest BCUT2D eigenvalue weighted by molar-refractivity contribution is 5.77. The summed E-state index contributed by atoms with van der Waals surface area (Å²) in [5.74, 6) is 0.708. The smallest absolute Gasteiger partial charge is 0.349 e. The fourth-order valence-corrected chi connectivity index (χ4v) is 4.95. The van der Waals surface area contributed by atoms with Gasteiger partial charge in [0.2, 0.25) is 5.91 Å². The van der Waals surface area contributed by atoms with E-state index in [9.17, 15) is 18.0 Å². The van der Waals surface area contributed by atoms with Crippen LogP contribution in [0.15, 0.2) is 24.3 Å². The van der Waals surface area contributed by atoms with E-state index in [2.05, 4.69) is 17.1 Å². The molecule has 3 nitrogen and oxygen atoms in total. The van der Waals surface area contributed by atoms with Gasteiger partial charge >= 0.3 is 6.18 Å². The van der Waals surface area contributed by atoms with Gasteiger partial charge in [-0.3, -0.25) is 9.69 Å². The van der Waals surface area contributed by atoms with Crippen molar-refractivity contribution in [1.29, 1.82) is 0 Å². The third-order valence-corrected chi connectivity index (χ3v) is 6.47. The molecule has 2 aliphatic heterocycles. The molecule has 27 heavy (non-hydrogen) atoms. The fourth-order valence-electron chi connectivity index (χ4n) is 4.95. The van der Waals surface area contributed by atoms with Crippen LogP contribution in [-0.4, -0.2) is 28.9 Å². The first-order chi connectivity index (χ1) is 12.8. The first-order valence-corrected chi connectivity index (χ1v) is 10.0. The molecule has 1 aromatic rings. The molecule has 0 unspecified atom stereocenters. The van der Waals surface area contributed by atoms with Crippen molar-refractivity contribution in [1.82, 2.24) is 10.2 Å². The summed E-state index contributed by atoms with van der Waals surface area (Å²) in [4.78, 5) is 14.7. The molecule has 3 fully saturated rings. The Labute approximate surface area is 158 Å². The van der Waals surface area contributed by atoms with E-state index >= 15 is 0 Å². The lowest BCUT2D eigenvalue weighted by atomic mass is 9.85. The number of hydrogen-bond acceptors (Lipinski definition) is 2. The summed E-state index contributed by atoms with van der Waals surface area (Å²) in [5.41, 5.74) is -0.261. The van der Waals surface area contributed by atoms with E-state index < -0.39 is 11.7 Å². The molecule has 2 heterocycles. The zero-order valence-corrected chi connectivity index (χ0v) is 15.7. The summed E-state index contributed by atoms with van der Waals surface area (Å²) in [7, 11) is 0. The lowest BCUT2D eigenvalue weighted by Crippen LogP contribution is -2.55. The third kappa shape index (κ3) is 3.86. The summed E-state index contributed by atoms with van der Waals surface area (Å²) in [5, 5.41) is 3.22. The highest BCUT2D eigenvalue weighted by Gasteiger charge is 2.51. The number of fused-ring (bicyclic) bond motifs is 1. The van der Waals surface area contributed by atoms with E-state index in [0.29, 0.717) is 24.3 Å². The molecule has 1 amide bonds. The van der Waals surface area contributed by atoms with Crippen molar-refractivity contribution >= 4 is 5.91 Å². The second-order valence-electron chi connectivity index (χ2n) is 8.71. The summed E-state index contributed by atoms with van der Waals surface area (Å²) in [6, 6.07) is 5.85. The molecule has 6 heteroatoms. The van der Waals surface area contributed by atoms with Crippen molar-refractivity contribution in [2.24, 2.45) is 5.92 Å². The number of nitrogens with one attached hydrogen (secondary N) is 1. The van der Waals surface area contributed by atoms with Gasteiger partial charge in [0, 0.05) is 25.0 Å². The third-order valence-electron chi connectivity index (χ3n) is 6.47. The number of likely N-dealkylation sites (tertiary alicyclic amines) is 1. The first-order valence-electron chi connectivity index (χ1n) is 10.0. The number of halogens is 3. The summed E-state index contributed by atoms with van der Waals surface area (Å²) in [6.07, 6.45) is 2.11. The molecular formula is C21H27F3N2O. The highest BCUT2D eigenvalue weighted by Crippen LogP contribution is 2.47. The van der Waals surface area contributed by atoms with E-state index in [-0.39, 0.29) is 23.5 Å². The van der Waals surface area contributed by atoms with Gasteiger partial charge in [-0.1, -0.05) is 18.6 Å². The maximum atomic E-state index is 13.2. The topological polar surface area (TPSA) is 32.3 Å². The Morgan fingerprint density at radius 3 is 2.70 bits per heavy atom. The predicted octanol–water partition coefficient (Wildman–Crippen LogP) is 4.68. The van der Waals surface area contributed by atoms with Crippen molar-refractivity contribution in [2.45, 2.75) is 75.7 Å². The molecule has 2 saturated heterocycles. The number of rotatable bonds is 3. The van der Waals surface area contributed by atoms with Crippen LogP contribution in [0.5, 0.6) is 0 Å². The quantitative estimate of drug-likeness (QED) is 0.826. The van der Waals surface area contributed by atoms with Crippen LogP contribution in [0.3, 0.4) is 0 Å². The fraction of sp³-hybridized carbons (Fsp3) is 0.667. The van der Waals surface area contributed by atoms with Crippen LogP contribution >= 0.6 is 0 Å². The average molecular weight is 380 g/mol. The van der Waals surface area contributed by atoms with Crippen LogP contribution in [0, 0.1) is 5.92 Å². The standard InChI is InChI=1S/C21H27F3N2O/c1-20-12-17(15-5-4-6-16(11-15)21(22,23)24)26(13-14-9-10-14)18(20)7-2-3-8-19(27)25-20/h4-6,11,14,17-18H,2-3,7-10,12-13H2,1H3,(H,25,27)/t17-,18-,20-/m0/s1. The van der Waals surface area contributed by atoms with E-state index in [1.807, 2.05) is 6.07 Å². The molecular weight excluding hydrogens is 353 g/mol. The molecule has 3 aliphatic rings. The van der Waals surface area contributed by atoms with Gasteiger partial charge in [0.05, 0.1) is 11.1 Å². The van der Waals surface area contributed by atoms with Gasteiger partial charge in [-0.05, 0) is 62.6 Å². The SMILES string of the molecule is C[C@]12C[C@@H](c3cccc(C(F)(F)F)c3)N(CC3CC3)[C@H]1CCCCC(=O)N2. The van der Waals surface area contributed by atoms with E-state index in [1.54, 1.807) is 0 Å². The van der Waals surface area contributed by atoms with Crippen molar-refractivity contribution in [3.8, 4) is 0 Å². The van der Waals surface area contributed by atoms with Crippen LogP contribution in [0.2, 0.25) is 0 Å². The second kappa shape index (κ2) is 6.80. The highest BCUT2D eigenvalue weighted by atomic mass is 19.4. The van der Waals surface area contributed by atoms with Gasteiger partial charge in [0.1, 0.15) is 0 Å². The lowest BCUT2D eigenvalue weighted by molar-refractivity contribution is -0.137. The molecule has 1 N–H and O–H groups in total. The normalized spacial score (nSPS) is 32.5. The van der Waals surface area contributed by atoms with Crippen molar-refractivity contribution in [3.63, 3.8) is 0 Å². The van der Waals surface area contributed by atoms with E-state index in [1.165, 1.54) is 25.0 Å². The zero-order valence-electron chi connectivity index (χ0n) is 15.7. The molecule has 1 aliphatic carbocycles. The minimum absolute atomic E-state index is 0.0678. The number of benzene rings is 1. The Hall–Kier alpha value is -1.56. The largest absolute Gasteiger partial charge is 0.416 e. The Morgan fingerprint density at radius 1 is 1.22 bits per heavy atom. The number of nitrogens with zero attached hydrogens (tertiary/aromatic N) is 1. The number of amides is 1. The predicted molar refractivity (Wildman–Crippen MR) is 97.0 cm³/mol. The van der Waals surface area contributed by atoms with Crippen LogP contribution < -0.4 is 5.32 Å². The first kappa shape index (κ1) is 18.8. The molecule has 1 saturated carbocycles. The molecule has 1 aromatic carbocycles. The van der Waals surface area contributed by atoms with E-state index in [0.717, 1.165) is 31.9 Å². The Kier molecular flexibility index (Phi) is 4.73. The van der Waals surface area contributed by atoms with Gasteiger partial charge in [-0.25, -0.2) is 0 Å². The summed E-state index contributed by atoms with van der Waals surface area (Å²) in [6.45, 7) is 2.99. The molecule has 4 rings (SSSR count). The van der Waals surface area contributed by atoms with Crippen molar-refractivity contribution in [2.75, 3.05) is 6.54 Å². The van der Waals surface area contributed by atoms with Gasteiger partial charge in [-0.15, -0.1) is 0 Å². The summed E-state index contributed by atoms with van der Waals surface area (Å²) < 4.78 is 39.7. The van der Waals surface area contributed by atoms with E-state index in [4.69, 9.17) is 0 Å². The van der Waals surface area contributed by atoms with Gasteiger partial charge < -0.3 is 5.32 Å². The number of carbonyl (C=O) groups excluding carboxylic acids is 1. The van der Waals surface area contributed by atoms with Crippen LogP contribution in [0.1, 0.15) is 69.0 Å². The Morgan fingerprint density at radius 2 is 2.00 bits per heavy atom. The monoisotopic (exact) mass is 380 g/mol. The lowest BCUT2D eigenvalue weighted by Gasteiger charge is -2.38. The Bertz CT molecular complexity index is 716. The number of carbonyl (C=O) groups is 1. The zero-order chi connectivity index (χ0) is 19.2. The molecule has 0 spiro atoms. The molecule has 3 atom stereocenters. The minimum atomic E-state index is -4.34. The Balaban J connectivity index is 1.69. The van der Waals surface area contributed by atoms with Crippen LogP contribution in [0.4, 0.5) is 13.2 Å². The maximum absolute atomic E-state index is 13.2. The van der Waals surface area contributed by atoms with Gasteiger partial charge in [-0.2, -0.15) is 13.2 Å². The minimum Gasteiger partial charge on any atom is -0.349 e. The maximum Gasteiger partial charge on any atom is 0.416 e. The van der Waals surface area contributed by atoms with Crippen molar-refractivity contribution in [3.05, 3.63) is 35.4 Å². The number of hydrogen-bond donors (Lipinski definition) is 1. The molecule has 0 aromatic heterocycles. The number of alkyl halides is 3. The molecule has 0 radical (unpaired) electrons.